The summed E-state index contributed by atoms with van der Waals surface area (Å²) in [6.45, 7) is -0.0473. The van der Waals surface area contributed by atoms with Gasteiger partial charge in [0.15, 0.2) is 0 Å². The zero-order valence-corrected chi connectivity index (χ0v) is 8.92. The first kappa shape index (κ1) is 11.3. The Morgan fingerprint density at radius 1 is 1.31 bits per heavy atom. The largest absolute Gasteiger partial charge is 0.507 e. The van der Waals surface area contributed by atoms with Gasteiger partial charge >= 0.3 is 0 Å². The molecule has 2 rings (SSSR count). The van der Waals surface area contributed by atoms with Crippen LogP contribution >= 0.6 is 0 Å². The molecule has 88 valence electrons. The molecule has 1 saturated carbocycles. The molecule has 0 atom stereocenters. The average Bonchev–Trinajstić information content (AvgIpc) is 2.16. The summed E-state index contributed by atoms with van der Waals surface area (Å²) in [7, 11) is 0. The van der Waals surface area contributed by atoms with Crippen LogP contribution in [0, 0.1) is 5.41 Å². The third kappa shape index (κ3) is 1.40. The van der Waals surface area contributed by atoms with Gasteiger partial charge in [-0.15, -0.1) is 0 Å². The molecular formula is C12H15F2NO. The number of benzene rings is 1. The van der Waals surface area contributed by atoms with Crippen LogP contribution in [0.25, 0.3) is 0 Å². The summed E-state index contributed by atoms with van der Waals surface area (Å²) in [6, 6.07) is 5.59. The topological polar surface area (TPSA) is 46.2 Å². The Kier molecular flexibility index (Phi) is 2.62. The Balaban J connectivity index is 2.42. The van der Waals surface area contributed by atoms with Crippen LogP contribution < -0.4 is 5.73 Å². The number of phenolic OH excluding ortho intramolecular Hbond substituents is 1. The number of nitrogens with two attached hydrogens (primary N) is 1. The minimum absolute atomic E-state index is 0.0473. The molecule has 3 N–H and O–H groups in total. The predicted molar refractivity (Wildman–Crippen MR) is 57.3 cm³/mol. The van der Waals surface area contributed by atoms with Gasteiger partial charge < -0.3 is 10.8 Å². The fourth-order valence-corrected chi connectivity index (χ4v) is 2.27. The Hall–Kier alpha value is -1.16. The summed E-state index contributed by atoms with van der Waals surface area (Å²) in [4.78, 5) is 0. The van der Waals surface area contributed by atoms with Gasteiger partial charge in [-0.25, -0.2) is 8.78 Å². The lowest BCUT2D eigenvalue weighted by Gasteiger charge is -2.46. The van der Waals surface area contributed by atoms with Crippen molar-refractivity contribution in [2.75, 3.05) is 6.54 Å². The van der Waals surface area contributed by atoms with Crippen LogP contribution in [0.5, 0.6) is 5.75 Å². The maximum atomic E-state index is 14.3. The number of phenols is 1. The molecule has 0 unspecified atom stereocenters. The molecule has 16 heavy (non-hydrogen) atoms. The van der Waals surface area contributed by atoms with Crippen LogP contribution in [0.4, 0.5) is 8.78 Å². The molecular weight excluding hydrogens is 212 g/mol. The first-order valence-corrected chi connectivity index (χ1v) is 5.40. The van der Waals surface area contributed by atoms with E-state index in [2.05, 4.69) is 0 Å². The van der Waals surface area contributed by atoms with Crippen molar-refractivity contribution in [3.05, 3.63) is 29.8 Å². The molecule has 1 aliphatic rings. The van der Waals surface area contributed by atoms with Crippen molar-refractivity contribution in [1.29, 1.82) is 0 Å². The van der Waals surface area contributed by atoms with E-state index in [0.717, 1.165) is 6.42 Å². The van der Waals surface area contributed by atoms with E-state index in [-0.39, 0.29) is 17.9 Å². The fraction of sp³-hybridized carbons (Fsp3) is 0.500. The molecule has 0 amide bonds. The first-order chi connectivity index (χ1) is 7.53. The lowest BCUT2D eigenvalue weighted by atomic mass is 9.63. The maximum absolute atomic E-state index is 14.3. The lowest BCUT2D eigenvalue weighted by molar-refractivity contribution is -0.165. The van der Waals surface area contributed by atoms with Gasteiger partial charge in [0.05, 0.1) is 11.0 Å². The van der Waals surface area contributed by atoms with Gasteiger partial charge in [0.25, 0.3) is 5.92 Å². The zero-order chi connectivity index (χ0) is 11.8. The molecule has 1 aromatic carbocycles. The Morgan fingerprint density at radius 2 is 1.94 bits per heavy atom. The fourth-order valence-electron chi connectivity index (χ4n) is 2.27. The molecule has 2 nitrogen and oxygen atoms in total. The normalized spacial score (nSPS) is 19.2. The standard InChI is InChI=1S/C12H15F2NO/c13-12(14,11(8-15)6-3-7-11)9-4-1-2-5-10(9)16/h1-2,4-5,16H,3,6-8,15H2. The summed E-state index contributed by atoms with van der Waals surface area (Å²) in [5.41, 5.74) is 4.01. The molecule has 0 spiro atoms. The quantitative estimate of drug-likeness (QED) is 0.833. The highest BCUT2D eigenvalue weighted by Gasteiger charge is 2.57. The van der Waals surface area contributed by atoms with E-state index in [4.69, 9.17) is 5.73 Å². The van der Waals surface area contributed by atoms with Crippen LogP contribution in [-0.2, 0) is 5.92 Å². The second-order valence-corrected chi connectivity index (χ2v) is 4.43. The molecule has 1 fully saturated rings. The summed E-state index contributed by atoms with van der Waals surface area (Å²) in [5, 5.41) is 9.50. The minimum Gasteiger partial charge on any atom is -0.507 e. The van der Waals surface area contributed by atoms with Crippen LogP contribution in [-0.4, -0.2) is 11.7 Å². The van der Waals surface area contributed by atoms with E-state index in [1.54, 1.807) is 0 Å². The monoisotopic (exact) mass is 227 g/mol. The Morgan fingerprint density at radius 3 is 2.38 bits per heavy atom. The van der Waals surface area contributed by atoms with Crippen molar-refractivity contribution < 1.29 is 13.9 Å². The molecule has 0 heterocycles. The van der Waals surface area contributed by atoms with Crippen LogP contribution in [0.15, 0.2) is 24.3 Å². The number of rotatable bonds is 3. The summed E-state index contributed by atoms with van der Waals surface area (Å²) >= 11 is 0. The summed E-state index contributed by atoms with van der Waals surface area (Å²) < 4.78 is 28.6. The number of hydrogen-bond acceptors (Lipinski definition) is 2. The van der Waals surface area contributed by atoms with Gasteiger partial charge in [-0.05, 0) is 25.0 Å². The molecule has 4 heteroatoms. The smallest absolute Gasteiger partial charge is 0.283 e. The van der Waals surface area contributed by atoms with E-state index in [9.17, 15) is 13.9 Å². The molecule has 1 aliphatic carbocycles. The molecule has 0 bridgehead atoms. The van der Waals surface area contributed by atoms with Gasteiger partial charge in [-0.2, -0.15) is 0 Å². The third-order valence-electron chi connectivity index (χ3n) is 3.61. The number of hydrogen-bond donors (Lipinski definition) is 2. The van der Waals surface area contributed by atoms with Crippen LogP contribution in [0.3, 0.4) is 0 Å². The highest BCUT2D eigenvalue weighted by molar-refractivity contribution is 5.37. The van der Waals surface area contributed by atoms with Gasteiger partial charge in [0.1, 0.15) is 5.75 Å². The van der Waals surface area contributed by atoms with Gasteiger partial charge in [-0.1, -0.05) is 18.6 Å². The predicted octanol–water partition coefficient (Wildman–Crippen LogP) is 2.61. The molecule has 0 aliphatic heterocycles. The van der Waals surface area contributed by atoms with E-state index >= 15 is 0 Å². The maximum Gasteiger partial charge on any atom is 0.283 e. The lowest BCUT2D eigenvalue weighted by Crippen LogP contribution is -2.49. The van der Waals surface area contributed by atoms with E-state index in [0.29, 0.717) is 12.8 Å². The highest BCUT2D eigenvalue weighted by atomic mass is 19.3. The van der Waals surface area contributed by atoms with E-state index in [1.807, 2.05) is 0 Å². The van der Waals surface area contributed by atoms with Crippen molar-refractivity contribution in [3.63, 3.8) is 0 Å². The third-order valence-corrected chi connectivity index (χ3v) is 3.61. The molecule has 0 saturated heterocycles. The molecule has 0 aromatic heterocycles. The van der Waals surface area contributed by atoms with Crippen LogP contribution in [0.1, 0.15) is 24.8 Å². The van der Waals surface area contributed by atoms with Crippen LogP contribution in [0.2, 0.25) is 0 Å². The van der Waals surface area contributed by atoms with Gasteiger partial charge in [0.2, 0.25) is 0 Å². The summed E-state index contributed by atoms with van der Waals surface area (Å²) in [5.74, 6) is -3.40. The van der Waals surface area contributed by atoms with E-state index < -0.39 is 11.3 Å². The number of alkyl halides is 2. The zero-order valence-electron chi connectivity index (χ0n) is 8.92. The second kappa shape index (κ2) is 3.70. The van der Waals surface area contributed by atoms with Crippen molar-refractivity contribution >= 4 is 0 Å². The highest BCUT2D eigenvalue weighted by Crippen LogP contribution is 2.57. The minimum atomic E-state index is -3.05. The Labute approximate surface area is 93.1 Å². The van der Waals surface area contributed by atoms with Crippen molar-refractivity contribution in [1.82, 2.24) is 0 Å². The number of aromatic hydroxyl groups is 1. The van der Waals surface area contributed by atoms with Crippen molar-refractivity contribution in [2.45, 2.75) is 25.2 Å². The van der Waals surface area contributed by atoms with Gasteiger partial charge in [-0.3, -0.25) is 0 Å². The SMILES string of the molecule is NCC1(C(F)(F)c2ccccc2O)CCC1. The Bertz CT molecular complexity index is 383. The average molecular weight is 227 g/mol. The van der Waals surface area contributed by atoms with E-state index in [1.165, 1.54) is 24.3 Å². The summed E-state index contributed by atoms with van der Waals surface area (Å²) in [6.07, 6.45) is 1.62. The van der Waals surface area contributed by atoms with Crippen molar-refractivity contribution in [3.8, 4) is 5.75 Å². The molecule has 0 radical (unpaired) electrons. The second-order valence-electron chi connectivity index (χ2n) is 4.43. The van der Waals surface area contributed by atoms with Gasteiger partial charge in [0, 0.05) is 6.54 Å². The number of halogens is 2. The first-order valence-electron chi connectivity index (χ1n) is 5.40. The van der Waals surface area contributed by atoms with Crippen molar-refractivity contribution in [2.24, 2.45) is 11.1 Å². The molecule has 1 aromatic rings. The number of para-hydroxylation sites is 1.